The smallest absolute Gasteiger partial charge is 0.222 e. The van der Waals surface area contributed by atoms with Crippen LogP contribution in [0.3, 0.4) is 0 Å². The van der Waals surface area contributed by atoms with Gasteiger partial charge >= 0.3 is 0 Å². The molecule has 1 N–H and O–H groups in total. The number of nitrogens with zero attached hydrogens (tertiary/aromatic N) is 1. The van der Waals surface area contributed by atoms with Crippen molar-refractivity contribution < 1.29 is 9.53 Å². The third kappa shape index (κ3) is 3.69. The fourth-order valence-electron chi connectivity index (χ4n) is 3.31. The second kappa shape index (κ2) is 6.71. The van der Waals surface area contributed by atoms with Crippen LogP contribution in [0.5, 0.6) is 0 Å². The Morgan fingerprint density at radius 2 is 1.84 bits per heavy atom. The molecule has 1 aliphatic carbocycles. The van der Waals surface area contributed by atoms with Crippen molar-refractivity contribution in [1.29, 1.82) is 0 Å². The lowest BCUT2D eigenvalue weighted by Crippen LogP contribution is -2.59. The summed E-state index contributed by atoms with van der Waals surface area (Å²) in [5.74, 6) is 0.253. The molecule has 2 rings (SSSR count). The number of hydrogen-bond acceptors (Lipinski definition) is 3. The lowest BCUT2D eigenvalue weighted by molar-refractivity contribution is -0.125. The van der Waals surface area contributed by atoms with E-state index in [2.05, 4.69) is 10.2 Å². The molecule has 2 fully saturated rings. The highest BCUT2D eigenvalue weighted by molar-refractivity contribution is 5.77. The van der Waals surface area contributed by atoms with Gasteiger partial charge in [0.15, 0.2) is 0 Å². The largest absolute Gasteiger partial charge is 0.379 e. The Balaban J connectivity index is 1.99. The number of rotatable bonds is 4. The number of ether oxygens (including phenoxy) is 1. The highest BCUT2D eigenvalue weighted by atomic mass is 16.5. The van der Waals surface area contributed by atoms with Crippen LogP contribution >= 0.6 is 0 Å². The number of nitrogens with one attached hydrogen (secondary N) is 1. The molecule has 1 heterocycles. The maximum atomic E-state index is 11.9. The van der Waals surface area contributed by atoms with E-state index in [1.165, 1.54) is 32.1 Å². The van der Waals surface area contributed by atoms with Crippen LogP contribution in [0.2, 0.25) is 0 Å². The third-order valence-corrected chi connectivity index (χ3v) is 4.58. The van der Waals surface area contributed by atoms with Crippen LogP contribution in [0.15, 0.2) is 0 Å². The highest BCUT2D eigenvalue weighted by Gasteiger charge is 2.38. The molecule has 0 unspecified atom stereocenters. The molecule has 0 atom stereocenters. The zero-order valence-corrected chi connectivity index (χ0v) is 12.4. The first-order valence-corrected chi connectivity index (χ1v) is 7.75. The molecule has 0 aromatic heterocycles. The molecule has 0 bridgehead atoms. The average Bonchev–Trinajstić information content (AvgIpc) is 2.46. The van der Waals surface area contributed by atoms with Crippen molar-refractivity contribution in [2.75, 3.05) is 32.8 Å². The fraction of sp³-hybridized carbons (Fsp3) is 0.933. The molecule has 19 heavy (non-hydrogen) atoms. The Labute approximate surface area is 116 Å². The fourth-order valence-corrected chi connectivity index (χ4v) is 3.31. The van der Waals surface area contributed by atoms with Gasteiger partial charge in [-0.1, -0.05) is 33.1 Å². The van der Waals surface area contributed by atoms with Crippen molar-refractivity contribution in [3.8, 4) is 0 Å². The molecular weight excluding hydrogens is 240 g/mol. The molecule has 1 saturated carbocycles. The first-order valence-electron chi connectivity index (χ1n) is 7.75. The predicted octanol–water partition coefficient (Wildman–Crippen LogP) is 1.79. The minimum atomic E-state index is 0.0744. The van der Waals surface area contributed by atoms with Gasteiger partial charge < -0.3 is 10.1 Å². The molecule has 0 aromatic rings. The van der Waals surface area contributed by atoms with E-state index in [0.29, 0.717) is 0 Å². The molecule has 0 aromatic carbocycles. The molecule has 1 aliphatic heterocycles. The monoisotopic (exact) mass is 268 g/mol. The Kier molecular flexibility index (Phi) is 5.22. The maximum absolute atomic E-state index is 11.9. The van der Waals surface area contributed by atoms with Crippen molar-refractivity contribution in [3.63, 3.8) is 0 Å². The Hall–Kier alpha value is -0.610. The van der Waals surface area contributed by atoms with Gasteiger partial charge in [-0.25, -0.2) is 0 Å². The SMILES string of the molecule is CC(C)C(=O)NCC1(N2CCOCC2)CCCCC1. The number of carbonyl (C=O) groups excluding carboxylic acids is 1. The topological polar surface area (TPSA) is 41.6 Å². The average molecular weight is 268 g/mol. The van der Waals surface area contributed by atoms with Gasteiger partial charge in [-0.3, -0.25) is 9.69 Å². The Bertz CT molecular complexity index is 293. The number of morpholine rings is 1. The van der Waals surface area contributed by atoms with E-state index in [1.54, 1.807) is 0 Å². The molecule has 4 nitrogen and oxygen atoms in total. The zero-order chi connectivity index (χ0) is 13.7. The van der Waals surface area contributed by atoms with E-state index in [0.717, 1.165) is 32.8 Å². The predicted molar refractivity (Wildman–Crippen MR) is 76.1 cm³/mol. The van der Waals surface area contributed by atoms with Crippen molar-refractivity contribution in [2.45, 2.75) is 51.5 Å². The summed E-state index contributed by atoms with van der Waals surface area (Å²) in [5.41, 5.74) is 0.187. The molecule has 2 aliphatic rings. The van der Waals surface area contributed by atoms with Crippen molar-refractivity contribution in [2.24, 2.45) is 5.92 Å². The van der Waals surface area contributed by atoms with Gasteiger partial charge in [-0.05, 0) is 12.8 Å². The van der Waals surface area contributed by atoms with Crippen LogP contribution in [0.1, 0.15) is 46.0 Å². The van der Waals surface area contributed by atoms with Gasteiger partial charge in [0.2, 0.25) is 5.91 Å². The van der Waals surface area contributed by atoms with E-state index in [1.807, 2.05) is 13.8 Å². The summed E-state index contributed by atoms with van der Waals surface area (Å²) in [7, 11) is 0. The molecule has 4 heteroatoms. The lowest BCUT2D eigenvalue weighted by atomic mass is 9.79. The van der Waals surface area contributed by atoms with Crippen LogP contribution < -0.4 is 5.32 Å². The van der Waals surface area contributed by atoms with Crippen molar-refractivity contribution in [3.05, 3.63) is 0 Å². The van der Waals surface area contributed by atoms with E-state index < -0.39 is 0 Å². The summed E-state index contributed by atoms with van der Waals surface area (Å²) in [4.78, 5) is 14.4. The maximum Gasteiger partial charge on any atom is 0.222 e. The highest BCUT2D eigenvalue weighted by Crippen LogP contribution is 2.33. The lowest BCUT2D eigenvalue weighted by Gasteiger charge is -2.48. The van der Waals surface area contributed by atoms with Gasteiger partial charge in [0.1, 0.15) is 0 Å². The summed E-state index contributed by atoms with van der Waals surface area (Å²) < 4.78 is 5.47. The van der Waals surface area contributed by atoms with E-state index in [-0.39, 0.29) is 17.4 Å². The number of amides is 1. The van der Waals surface area contributed by atoms with E-state index >= 15 is 0 Å². The van der Waals surface area contributed by atoms with Crippen LogP contribution in [0, 0.1) is 5.92 Å². The van der Waals surface area contributed by atoms with Gasteiger partial charge in [-0.2, -0.15) is 0 Å². The first kappa shape index (κ1) is 14.8. The minimum absolute atomic E-state index is 0.0744. The quantitative estimate of drug-likeness (QED) is 0.845. The van der Waals surface area contributed by atoms with Crippen LogP contribution in [-0.2, 0) is 9.53 Å². The standard InChI is InChI=1S/C15H28N2O2/c1-13(2)14(18)16-12-15(6-4-3-5-7-15)17-8-10-19-11-9-17/h13H,3-12H2,1-2H3,(H,16,18). The molecule has 1 amide bonds. The molecule has 110 valence electrons. The second-order valence-corrected chi connectivity index (χ2v) is 6.26. The normalized spacial score (nSPS) is 24.4. The van der Waals surface area contributed by atoms with Gasteiger partial charge in [-0.15, -0.1) is 0 Å². The summed E-state index contributed by atoms with van der Waals surface area (Å²) in [6.45, 7) is 8.41. The molecule has 1 saturated heterocycles. The van der Waals surface area contributed by atoms with Gasteiger partial charge in [0.05, 0.1) is 13.2 Å². The van der Waals surface area contributed by atoms with Crippen LogP contribution in [0.4, 0.5) is 0 Å². The second-order valence-electron chi connectivity index (χ2n) is 6.26. The third-order valence-electron chi connectivity index (χ3n) is 4.58. The van der Waals surface area contributed by atoms with E-state index in [4.69, 9.17) is 4.74 Å². The number of hydrogen-bond donors (Lipinski definition) is 1. The van der Waals surface area contributed by atoms with Crippen molar-refractivity contribution in [1.82, 2.24) is 10.2 Å². The van der Waals surface area contributed by atoms with Crippen molar-refractivity contribution >= 4 is 5.91 Å². The summed E-state index contributed by atoms with van der Waals surface area (Å²) in [6.07, 6.45) is 6.34. The van der Waals surface area contributed by atoms with Crippen LogP contribution in [0.25, 0.3) is 0 Å². The molecule has 0 radical (unpaired) electrons. The summed E-state index contributed by atoms with van der Waals surface area (Å²) in [6, 6.07) is 0. The van der Waals surface area contributed by atoms with Gasteiger partial charge in [0, 0.05) is 31.1 Å². The van der Waals surface area contributed by atoms with E-state index in [9.17, 15) is 4.79 Å². The summed E-state index contributed by atoms with van der Waals surface area (Å²) >= 11 is 0. The zero-order valence-electron chi connectivity index (χ0n) is 12.4. The van der Waals surface area contributed by atoms with Crippen LogP contribution in [-0.4, -0.2) is 49.2 Å². The Morgan fingerprint density at radius 3 is 2.42 bits per heavy atom. The Morgan fingerprint density at radius 1 is 1.21 bits per heavy atom. The molecule has 0 spiro atoms. The first-order chi connectivity index (χ1) is 9.14. The number of carbonyl (C=O) groups is 1. The van der Waals surface area contributed by atoms with Gasteiger partial charge in [0.25, 0.3) is 0 Å². The minimum Gasteiger partial charge on any atom is -0.379 e. The molecular formula is C15H28N2O2. The summed E-state index contributed by atoms with van der Waals surface area (Å²) in [5, 5.41) is 3.17.